The maximum atomic E-state index is 11.8. The molecule has 5 nitrogen and oxygen atoms in total. The Labute approximate surface area is 105 Å². The molecule has 0 bridgehead atoms. The van der Waals surface area contributed by atoms with Gasteiger partial charge in [-0.2, -0.15) is 0 Å². The summed E-state index contributed by atoms with van der Waals surface area (Å²) < 4.78 is 5.28. The van der Waals surface area contributed by atoms with Crippen molar-refractivity contribution in [1.82, 2.24) is 15.2 Å². The van der Waals surface area contributed by atoms with Crippen molar-refractivity contribution in [2.45, 2.75) is 25.9 Å². The van der Waals surface area contributed by atoms with Gasteiger partial charge in [-0.25, -0.2) is 9.78 Å². The van der Waals surface area contributed by atoms with Crippen LogP contribution in [-0.2, 0) is 0 Å². The number of oxazole rings is 1. The highest BCUT2D eigenvalue weighted by atomic mass is 16.3. The summed E-state index contributed by atoms with van der Waals surface area (Å²) in [6.07, 6.45) is 1.43. The van der Waals surface area contributed by atoms with E-state index in [9.17, 15) is 4.79 Å². The van der Waals surface area contributed by atoms with Crippen molar-refractivity contribution in [3.63, 3.8) is 0 Å². The molecule has 1 aromatic carbocycles. The number of aromatic nitrogens is 1. The van der Waals surface area contributed by atoms with E-state index in [4.69, 9.17) is 4.42 Å². The molecule has 0 aliphatic carbocycles. The third-order valence-electron chi connectivity index (χ3n) is 3.32. The van der Waals surface area contributed by atoms with Crippen molar-refractivity contribution in [1.29, 1.82) is 0 Å². The van der Waals surface area contributed by atoms with Crippen LogP contribution in [0.4, 0.5) is 4.79 Å². The van der Waals surface area contributed by atoms with Crippen LogP contribution in [0.25, 0.3) is 11.1 Å². The van der Waals surface area contributed by atoms with E-state index in [-0.39, 0.29) is 18.1 Å². The van der Waals surface area contributed by atoms with E-state index in [1.807, 2.05) is 36.9 Å². The Morgan fingerprint density at radius 3 is 3.06 bits per heavy atom. The van der Waals surface area contributed by atoms with Gasteiger partial charge in [0.2, 0.25) is 0 Å². The number of benzene rings is 1. The number of carbonyl (C=O) groups excluding carboxylic acids is 1. The average molecular weight is 245 g/mol. The zero-order valence-corrected chi connectivity index (χ0v) is 10.4. The van der Waals surface area contributed by atoms with Crippen LogP contribution >= 0.6 is 0 Å². The number of hydrogen-bond donors (Lipinski definition) is 1. The lowest BCUT2D eigenvalue weighted by molar-refractivity contribution is 0.206. The molecule has 18 heavy (non-hydrogen) atoms. The molecule has 0 radical (unpaired) electrons. The quantitative estimate of drug-likeness (QED) is 0.883. The van der Waals surface area contributed by atoms with Crippen LogP contribution in [0.15, 0.2) is 29.0 Å². The first-order valence-electron chi connectivity index (χ1n) is 6.05. The van der Waals surface area contributed by atoms with Crippen LogP contribution < -0.4 is 5.32 Å². The van der Waals surface area contributed by atoms with E-state index >= 15 is 0 Å². The Kier molecular flexibility index (Phi) is 2.47. The molecule has 1 aliphatic rings. The van der Waals surface area contributed by atoms with Gasteiger partial charge >= 0.3 is 6.03 Å². The lowest BCUT2D eigenvalue weighted by Gasteiger charge is -2.18. The molecule has 1 saturated heterocycles. The van der Waals surface area contributed by atoms with Gasteiger partial charge in [-0.3, -0.25) is 0 Å². The standard InChI is InChI=1S/C13H15N3O2/c1-8(2)16-6-11(15-13(16)17)9-3-4-10-12(5-9)18-7-14-10/h3-5,7-8,11H,6H2,1-2H3,(H,15,17). The van der Waals surface area contributed by atoms with Crippen molar-refractivity contribution in [2.24, 2.45) is 0 Å². The first-order chi connectivity index (χ1) is 8.65. The minimum absolute atomic E-state index is 0.00679. The normalized spacial score (nSPS) is 19.8. The molecule has 1 aliphatic heterocycles. The number of nitrogens with one attached hydrogen (secondary N) is 1. The van der Waals surface area contributed by atoms with Gasteiger partial charge < -0.3 is 14.6 Å². The number of hydrogen-bond acceptors (Lipinski definition) is 3. The van der Waals surface area contributed by atoms with Gasteiger partial charge in [0, 0.05) is 12.6 Å². The van der Waals surface area contributed by atoms with Gasteiger partial charge in [0.15, 0.2) is 12.0 Å². The zero-order chi connectivity index (χ0) is 12.7. The first kappa shape index (κ1) is 11.1. The lowest BCUT2D eigenvalue weighted by Crippen LogP contribution is -2.33. The zero-order valence-electron chi connectivity index (χ0n) is 10.4. The summed E-state index contributed by atoms with van der Waals surface area (Å²) >= 11 is 0. The van der Waals surface area contributed by atoms with Crippen molar-refractivity contribution in [2.75, 3.05) is 6.54 Å². The van der Waals surface area contributed by atoms with Gasteiger partial charge in [-0.05, 0) is 31.5 Å². The fraction of sp³-hybridized carbons (Fsp3) is 0.385. The predicted molar refractivity (Wildman–Crippen MR) is 67.1 cm³/mol. The van der Waals surface area contributed by atoms with Crippen molar-refractivity contribution in [3.8, 4) is 0 Å². The molecule has 2 heterocycles. The Balaban J connectivity index is 1.89. The second-order valence-electron chi connectivity index (χ2n) is 4.83. The Morgan fingerprint density at radius 2 is 2.33 bits per heavy atom. The average Bonchev–Trinajstić information content (AvgIpc) is 2.93. The number of amides is 2. The van der Waals surface area contributed by atoms with E-state index in [1.54, 1.807) is 0 Å². The Hall–Kier alpha value is -2.04. The minimum atomic E-state index is -0.00679. The summed E-state index contributed by atoms with van der Waals surface area (Å²) in [6.45, 7) is 4.72. The van der Waals surface area contributed by atoms with Crippen LogP contribution in [-0.4, -0.2) is 28.5 Å². The molecule has 2 amide bonds. The van der Waals surface area contributed by atoms with Crippen molar-refractivity contribution >= 4 is 17.1 Å². The number of carbonyl (C=O) groups is 1. The topological polar surface area (TPSA) is 58.4 Å². The summed E-state index contributed by atoms with van der Waals surface area (Å²) in [4.78, 5) is 17.7. The van der Waals surface area contributed by atoms with Crippen LogP contribution in [0, 0.1) is 0 Å². The Morgan fingerprint density at radius 1 is 1.50 bits per heavy atom. The van der Waals surface area contributed by atoms with Crippen molar-refractivity contribution in [3.05, 3.63) is 30.2 Å². The molecule has 0 saturated carbocycles. The largest absolute Gasteiger partial charge is 0.443 e. The third-order valence-corrected chi connectivity index (χ3v) is 3.32. The molecular weight excluding hydrogens is 230 g/mol. The number of urea groups is 1. The van der Waals surface area contributed by atoms with E-state index in [1.165, 1.54) is 6.39 Å². The maximum absolute atomic E-state index is 11.8. The summed E-state index contributed by atoms with van der Waals surface area (Å²) in [6, 6.07) is 6.07. The molecule has 94 valence electrons. The minimum Gasteiger partial charge on any atom is -0.443 e. The van der Waals surface area contributed by atoms with Gasteiger partial charge in [-0.15, -0.1) is 0 Å². The highest BCUT2D eigenvalue weighted by Crippen LogP contribution is 2.24. The number of nitrogens with zero attached hydrogens (tertiary/aromatic N) is 2. The predicted octanol–water partition coefficient (Wildman–Crippen LogP) is 2.30. The number of rotatable bonds is 2. The molecule has 1 atom stereocenters. The van der Waals surface area contributed by atoms with Crippen LogP contribution in [0.1, 0.15) is 25.5 Å². The highest BCUT2D eigenvalue weighted by Gasteiger charge is 2.31. The van der Waals surface area contributed by atoms with E-state index < -0.39 is 0 Å². The van der Waals surface area contributed by atoms with E-state index in [2.05, 4.69) is 10.3 Å². The maximum Gasteiger partial charge on any atom is 0.318 e. The summed E-state index contributed by atoms with van der Waals surface area (Å²) in [5.41, 5.74) is 2.64. The fourth-order valence-electron chi connectivity index (χ4n) is 2.28. The molecule has 2 aromatic rings. The van der Waals surface area contributed by atoms with Crippen LogP contribution in [0.2, 0.25) is 0 Å². The summed E-state index contributed by atoms with van der Waals surface area (Å²) in [5.74, 6) is 0. The second kappa shape index (κ2) is 4.01. The molecule has 1 N–H and O–H groups in total. The van der Waals surface area contributed by atoms with Gasteiger partial charge in [0.05, 0.1) is 6.04 Å². The lowest BCUT2D eigenvalue weighted by atomic mass is 10.1. The molecular formula is C13H15N3O2. The molecule has 0 spiro atoms. The first-order valence-corrected chi connectivity index (χ1v) is 6.05. The third kappa shape index (κ3) is 1.72. The summed E-state index contributed by atoms with van der Waals surface area (Å²) in [5, 5.41) is 2.98. The van der Waals surface area contributed by atoms with E-state index in [0.717, 1.165) is 16.7 Å². The molecule has 1 unspecified atom stereocenters. The van der Waals surface area contributed by atoms with Crippen LogP contribution in [0.3, 0.4) is 0 Å². The smallest absolute Gasteiger partial charge is 0.318 e. The monoisotopic (exact) mass is 245 g/mol. The van der Waals surface area contributed by atoms with E-state index in [0.29, 0.717) is 6.54 Å². The SMILES string of the molecule is CC(C)N1CC(c2ccc3ncoc3c2)NC1=O. The summed E-state index contributed by atoms with van der Waals surface area (Å²) in [7, 11) is 0. The second-order valence-corrected chi connectivity index (χ2v) is 4.83. The highest BCUT2D eigenvalue weighted by molar-refractivity contribution is 5.78. The van der Waals surface area contributed by atoms with Gasteiger partial charge in [0.1, 0.15) is 5.52 Å². The molecule has 5 heteroatoms. The molecule has 1 fully saturated rings. The Bertz CT molecular complexity index is 591. The molecule has 1 aromatic heterocycles. The van der Waals surface area contributed by atoms with Gasteiger partial charge in [0.25, 0.3) is 0 Å². The number of fused-ring (bicyclic) bond motifs is 1. The molecule has 3 rings (SSSR count). The fourth-order valence-corrected chi connectivity index (χ4v) is 2.28. The van der Waals surface area contributed by atoms with Crippen molar-refractivity contribution < 1.29 is 9.21 Å². The van der Waals surface area contributed by atoms with Crippen LogP contribution in [0.5, 0.6) is 0 Å². The van der Waals surface area contributed by atoms with Gasteiger partial charge in [-0.1, -0.05) is 6.07 Å².